The number of hydrogen-bond acceptors (Lipinski definition) is 4. The van der Waals surface area contributed by atoms with E-state index in [1.165, 1.54) is 0 Å². The maximum absolute atomic E-state index is 13.0. The number of hydrogen-bond donors (Lipinski definition) is 1. The highest BCUT2D eigenvalue weighted by atomic mass is 16.6. The minimum atomic E-state index is -0.393. The van der Waals surface area contributed by atoms with E-state index in [4.69, 9.17) is 15.2 Å². The largest absolute Gasteiger partial charge is 0.486 e. The standard InChI is InChI=1S/C17H23NO3/c1-12-4-6-17(11-18,7-5-12)16(19)13-2-3-14-15(10-13)21-9-8-20-14/h2-3,10,12H,4-9,11,18H2,1H3. The number of ketones is 1. The molecule has 3 rings (SSSR count). The molecule has 1 heterocycles. The van der Waals surface area contributed by atoms with Crippen molar-refractivity contribution in [2.45, 2.75) is 32.6 Å². The van der Waals surface area contributed by atoms with Gasteiger partial charge in [0.1, 0.15) is 13.2 Å². The van der Waals surface area contributed by atoms with Crippen LogP contribution in [0.25, 0.3) is 0 Å². The number of rotatable bonds is 3. The van der Waals surface area contributed by atoms with Crippen molar-refractivity contribution in [3.05, 3.63) is 23.8 Å². The van der Waals surface area contributed by atoms with Gasteiger partial charge in [0.2, 0.25) is 0 Å². The van der Waals surface area contributed by atoms with Crippen LogP contribution in [0.15, 0.2) is 18.2 Å². The molecule has 0 bridgehead atoms. The molecule has 1 aromatic carbocycles. The summed E-state index contributed by atoms with van der Waals surface area (Å²) < 4.78 is 11.1. The molecule has 4 heteroatoms. The molecule has 1 saturated carbocycles. The third-order valence-corrected chi connectivity index (χ3v) is 4.91. The van der Waals surface area contributed by atoms with Gasteiger partial charge in [0.05, 0.1) is 0 Å². The first kappa shape index (κ1) is 14.4. The first-order chi connectivity index (χ1) is 10.1. The van der Waals surface area contributed by atoms with Crippen molar-refractivity contribution in [1.29, 1.82) is 0 Å². The molecular formula is C17H23NO3. The normalized spacial score (nSPS) is 28.2. The van der Waals surface area contributed by atoms with Gasteiger partial charge in [-0.25, -0.2) is 0 Å². The molecule has 0 spiro atoms. The van der Waals surface area contributed by atoms with E-state index in [0.717, 1.165) is 31.4 Å². The Morgan fingerprint density at radius 1 is 1.24 bits per heavy atom. The first-order valence-electron chi connectivity index (χ1n) is 7.79. The predicted molar refractivity (Wildman–Crippen MR) is 80.9 cm³/mol. The van der Waals surface area contributed by atoms with Crippen molar-refractivity contribution in [2.75, 3.05) is 19.8 Å². The Balaban J connectivity index is 1.86. The third-order valence-electron chi connectivity index (χ3n) is 4.91. The van der Waals surface area contributed by atoms with Gasteiger partial charge in [-0.1, -0.05) is 6.92 Å². The van der Waals surface area contributed by atoms with E-state index in [1.54, 1.807) is 0 Å². The third kappa shape index (κ3) is 2.64. The average Bonchev–Trinajstić information content (AvgIpc) is 2.55. The number of carbonyl (C=O) groups excluding carboxylic acids is 1. The number of nitrogens with two attached hydrogens (primary N) is 1. The SMILES string of the molecule is CC1CCC(CN)(C(=O)c2ccc3c(c2)OCCO3)CC1. The second-order valence-corrected chi connectivity index (χ2v) is 6.35. The molecule has 1 fully saturated rings. The van der Waals surface area contributed by atoms with E-state index in [2.05, 4.69) is 6.92 Å². The second-order valence-electron chi connectivity index (χ2n) is 6.35. The van der Waals surface area contributed by atoms with Gasteiger partial charge in [0, 0.05) is 17.5 Å². The lowest BCUT2D eigenvalue weighted by Gasteiger charge is -2.37. The lowest BCUT2D eigenvalue weighted by molar-refractivity contribution is 0.0694. The van der Waals surface area contributed by atoms with Crippen LogP contribution in [-0.2, 0) is 0 Å². The van der Waals surface area contributed by atoms with Gasteiger partial charge in [-0.05, 0) is 49.8 Å². The number of carbonyl (C=O) groups is 1. The lowest BCUT2D eigenvalue weighted by atomic mass is 9.67. The number of fused-ring (bicyclic) bond motifs is 1. The van der Waals surface area contributed by atoms with Gasteiger partial charge in [-0.15, -0.1) is 0 Å². The van der Waals surface area contributed by atoms with Gasteiger partial charge in [-0.3, -0.25) is 4.79 Å². The molecule has 1 aromatic rings. The zero-order chi connectivity index (χ0) is 14.9. The quantitative estimate of drug-likeness (QED) is 0.869. The predicted octanol–water partition coefficient (Wildman–Crippen LogP) is 2.80. The van der Waals surface area contributed by atoms with Crippen molar-refractivity contribution in [3.63, 3.8) is 0 Å². The fourth-order valence-electron chi connectivity index (χ4n) is 3.33. The summed E-state index contributed by atoms with van der Waals surface area (Å²) in [4.78, 5) is 13.0. The Hall–Kier alpha value is -1.55. The van der Waals surface area contributed by atoms with E-state index in [1.807, 2.05) is 18.2 Å². The Morgan fingerprint density at radius 2 is 1.90 bits per heavy atom. The van der Waals surface area contributed by atoms with E-state index >= 15 is 0 Å². The van der Waals surface area contributed by atoms with Crippen LogP contribution >= 0.6 is 0 Å². The Labute approximate surface area is 125 Å². The molecule has 0 radical (unpaired) electrons. The smallest absolute Gasteiger partial charge is 0.170 e. The van der Waals surface area contributed by atoms with Gasteiger partial charge in [-0.2, -0.15) is 0 Å². The summed E-state index contributed by atoms with van der Waals surface area (Å²) in [7, 11) is 0. The topological polar surface area (TPSA) is 61.6 Å². The zero-order valence-corrected chi connectivity index (χ0v) is 12.6. The van der Waals surface area contributed by atoms with Crippen molar-refractivity contribution < 1.29 is 14.3 Å². The van der Waals surface area contributed by atoms with Gasteiger partial charge in [0.25, 0.3) is 0 Å². The minimum absolute atomic E-state index is 0.161. The van der Waals surface area contributed by atoms with Gasteiger partial charge < -0.3 is 15.2 Å². The van der Waals surface area contributed by atoms with Crippen LogP contribution in [0.2, 0.25) is 0 Å². The van der Waals surface area contributed by atoms with Crippen molar-refractivity contribution in [1.82, 2.24) is 0 Å². The summed E-state index contributed by atoms with van der Waals surface area (Å²) in [6.45, 7) is 3.76. The summed E-state index contributed by atoms with van der Waals surface area (Å²) >= 11 is 0. The zero-order valence-electron chi connectivity index (χ0n) is 12.6. The van der Waals surface area contributed by atoms with Crippen LogP contribution in [-0.4, -0.2) is 25.5 Å². The molecule has 0 unspecified atom stereocenters. The molecule has 0 atom stereocenters. The number of ether oxygens (including phenoxy) is 2. The molecule has 0 amide bonds. The maximum atomic E-state index is 13.0. The van der Waals surface area contributed by atoms with Crippen LogP contribution in [0.4, 0.5) is 0 Å². The molecule has 4 nitrogen and oxygen atoms in total. The molecule has 114 valence electrons. The van der Waals surface area contributed by atoms with Crippen molar-refractivity contribution >= 4 is 5.78 Å². The molecule has 0 aromatic heterocycles. The van der Waals surface area contributed by atoms with Crippen LogP contribution < -0.4 is 15.2 Å². The Bertz CT molecular complexity index is 533. The van der Waals surface area contributed by atoms with E-state index < -0.39 is 5.41 Å². The number of benzene rings is 1. The minimum Gasteiger partial charge on any atom is -0.486 e. The van der Waals surface area contributed by atoms with Gasteiger partial charge in [0.15, 0.2) is 17.3 Å². The van der Waals surface area contributed by atoms with Crippen molar-refractivity contribution in [3.8, 4) is 11.5 Å². The van der Waals surface area contributed by atoms with Crippen LogP contribution in [0.5, 0.6) is 11.5 Å². The summed E-state index contributed by atoms with van der Waals surface area (Å²) in [6, 6.07) is 5.48. The fourth-order valence-corrected chi connectivity index (χ4v) is 3.33. The first-order valence-corrected chi connectivity index (χ1v) is 7.79. The Morgan fingerprint density at radius 3 is 2.57 bits per heavy atom. The van der Waals surface area contributed by atoms with Crippen LogP contribution in [0.3, 0.4) is 0 Å². The molecule has 2 N–H and O–H groups in total. The molecule has 21 heavy (non-hydrogen) atoms. The highest BCUT2D eigenvalue weighted by molar-refractivity contribution is 6.01. The highest BCUT2D eigenvalue weighted by Crippen LogP contribution is 2.41. The summed E-state index contributed by atoms with van der Waals surface area (Å²) in [5.74, 6) is 2.24. The van der Waals surface area contributed by atoms with E-state index in [0.29, 0.717) is 37.0 Å². The fraction of sp³-hybridized carbons (Fsp3) is 0.588. The maximum Gasteiger partial charge on any atom is 0.170 e. The molecule has 0 saturated heterocycles. The summed E-state index contributed by atoms with van der Waals surface area (Å²) in [5.41, 5.74) is 6.28. The monoisotopic (exact) mass is 289 g/mol. The van der Waals surface area contributed by atoms with Crippen LogP contribution in [0.1, 0.15) is 43.0 Å². The number of Topliss-reactive ketones (excluding diaryl/α,β-unsaturated/α-hetero) is 1. The average molecular weight is 289 g/mol. The lowest BCUT2D eigenvalue weighted by Crippen LogP contribution is -2.41. The van der Waals surface area contributed by atoms with E-state index in [9.17, 15) is 4.79 Å². The molecular weight excluding hydrogens is 266 g/mol. The second kappa shape index (κ2) is 5.68. The van der Waals surface area contributed by atoms with Gasteiger partial charge >= 0.3 is 0 Å². The van der Waals surface area contributed by atoms with Crippen LogP contribution in [0, 0.1) is 11.3 Å². The highest BCUT2D eigenvalue weighted by Gasteiger charge is 2.40. The Kier molecular flexibility index (Phi) is 3.89. The summed E-state index contributed by atoms with van der Waals surface area (Å²) in [5, 5.41) is 0. The molecule has 1 aliphatic carbocycles. The summed E-state index contributed by atoms with van der Waals surface area (Å²) in [6.07, 6.45) is 3.93. The van der Waals surface area contributed by atoms with E-state index in [-0.39, 0.29) is 5.78 Å². The molecule has 1 aliphatic heterocycles. The molecule has 2 aliphatic rings. The van der Waals surface area contributed by atoms with Crippen molar-refractivity contribution in [2.24, 2.45) is 17.1 Å².